The van der Waals surface area contributed by atoms with Crippen LogP contribution in [0, 0.1) is 0 Å². The van der Waals surface area contributed by atoms with Crippen LogP contribution in [0.1, 0.15) is 36.6 Å². The number of hydrogen-bond donors (Lipinski definition) is 2. The summed E-state index contributed by atoms with van der Waals surface area (Å²) >= 11 is 0. The fourth-order valence-electron chi connectivity index (χ4n) is 5.74. The number of alkyl halides is 2. The normalized spacial score (nSPS) is 12.5. The molecule has 1 fully saturated rings. The molecule has 14 heteroatoms. The molecular formula is C38H28F2N12. The van der Waals surface area contributed by atoms with Crippen LogP contribution in [0.25, 0.3) is 67.4 Å². The van der Waals surface area contributed by atoms with Crippen molar-refractivity contribution in [1.82, 2.24) is 49.8 Å². The van der Waals surface area contributed by atoms with Crippen molar-refractivity contribution in [2.75, 3.05) is 11.5 Å². The van der Waals surface area contributed by atoms with E-state index in [0.29, 0.717) is 50.9 Å². The van der Waals surface area contributed by atoms with Crippen molar-refractivity contribution in [3.63, 3.8) is 0 Å². The summed E-state index contributed by atoms with van der Waals surface area (Å²) in [6.07, 6.45) is 5.96. The third kappa shape index (κ3) is 6.52. The molecule has 0 aliphatic heterocycles. The molecule has 8 heterocycles. The molecule has 0 spiro atoms. The summed E-state index contributed by atoms with van der Waals surface area (Å²) in [6, 6.07) is 25.4. The predicted molar refractivity (Wildman–Crippen MR) is 193 cm³/mol. The molecule has 0 bridgehead atoms. The highest BCUT2D eigenvalue weighted by Crippen LogP contribution is 2.40. The minimum Gasteiger partial charge on any atom is -0.382 e. The van der Waals surface area contributed by atoms with Gasteiger partial charge in [0.25, 0.3) is 6.43 Å². The largest absolute Gasteiger partial charge is 0.382 e. The van der Waals surface area contributed by atoms with Crippen LogP contribution in [0.4, 0.5) is 20.4 Å². The minimum atomic E-state index is -2.65. The van der Waals surface area contributed by atoms with Crippen molar-refractivity contribution >= 4 is 33.7 Å². The van der Waals surface area contributed by atoms with Crippen LogP contribution in [-0.4, -0.2) is 49.8 Å². The maximum Gasteiger partial charge on any atom is 0.280 e. The quantitative estimate of drug-likeness (QED) is 0.178. The van der Waals surface area contributed by atoms with E-state index >= 15 is 0 Å². The van der Waals surface area contributed by atoms with E-state index in [1.807, 2.05) is 36.4 Å². The molecule has 8 aromatic heterocycles. The van der Waals surface area contributed by atoms with Gasteiger partial charge in [-0.25, -0.2) is 43.7 Å². The molecule has 0 amide bonds. The van der Waals surface area contributed by atoms with E-state index in [1.165, 1.54) is 37.6 Å². The summed E-state index contributed by atoms with van der Waals surface area (Å²) in [5.41, 5.74) is 20.5. The molecular weight excluding hydrogens is 662 g/mol. The fraction of sp³-hybridized carbons (Fsp3) is 0.105. The van der Waals surface area contributed by atoms with E-state index in [4.69, 9.17) is 16.5 Å². The van der Waals surface area contributed by atoms with E-state index in [-0.39, 0.29) is 11.5 Å². The molecule has 1 saturated carbocycles. The Kier molecular flexibility index (Phi) is 8.53. The Morgan fingerprint density at radius 2 is 1.06 bits per heavy atom. The standard InChI is InChI=1S/C20H16N6.C18H12F2N6/c21-20-19-16(23-11-24-20)9-8-15(26-19)13-3-2-10-22-18(13)17-5-1-4-14(25-17)12-6-7-12;19-17(20)14-5-1-4-13(25-14)15-10(3-2-8-22-15)11-6-7-12-16(26-11)18(21)24-9-23-12/h1-5,8-12H,6-7H2,(H2,21,23,24);1-9,17H,(H2,21,23,24). The molecule has 9 rings (SSSR count). The summed E-state index contributed by atoms with van der Waals surface area (Å²) in [4.78, 5) is 43.3. The molecule has 52 heavy (non-hydrogen) atoms. The number of nitrogen functional groups attached to an aromatic ring is 2. The van der Waals surface area contributed by atoms with Gasteiger partial charge in [-0.05, 0) is 85.6 Å². The molecule has 0 saturated heterocycles. The molecule has 4 N–H and O–H groups in total. The topological polar surface area (TPSA) is 181 Å². The molecule has 0 radical (unpaired) electrons. The van der Waals surface area contributed by atoms with E-state index in [0.717, 1.165) is 33.9 Å². The Bertz CT molecular complexity index is 2410. The van der Waals surface area contributed by atoms with Crippen LogP contribution in [0.15, 0.2) is 110 Å². The first-order valence-electron chi connectivity index (χ1n) is 16.3. The summed E-state index contributed by atoms with van der Waals surface area (Å²) < 4.78 is 26.0. The van der Waals surface area contributed by atoms with Crippen molar-refractivity contribution in [2.24, 2.45) is 0 Å². The van der Waals surface area contributed by atoms with Crippen molar-refractivity contribution in [2.45, 2.75) is 25.2 Å². The van der Waals surface area contributed by atoms with Crippen LogP contribution in [0.3, 0.4) is 0 Å². The molecule has 0 aromatic carbocycles. The molecule has 8 aromatic rings. The zero-order valence-electron chi connectivity index (χ0n) is 27.3. The highest BCUT2D eigenvalue weighted by Gasteiger charge is 2.25. The molecule has 0 unspecified atom stereocenters. The SMILES string of the molecule is Nc1ncnc2ccc(-c3cccnc3-c3cccc(C(F)F)n3)nc12.Nc1ncnc2ccc(-c3cccnc3-c3cccc(C4CC4)n3)nc12. The number of nitrogens with zero attached hydrogens (tertiary/aromatic N) is 10. The van der Waals surface area contributed by atoms with E-state index in [1.54, 1.807) is 42.7 Å². The third-order valence-corrected chi connectivity index (χ3v) is 8.43. The monoisotopic (exact) mass is 690 g/mol. The lowest BCUT2D eigenvalue weighted by Gasteiger charge is -2.10. The number of halogens is 2. The zero-order chi connectivity index (χ0) is 35.6. The van der Waals surface area contributed by atoms with Gasteiger partial charge in [-0.2, -0.15) is 0 Å². The number of nitrogens with two attached hydrogens (primary N) is 2. The van der Waals surface area contributed by atoms with Gasteiger partial charge in [0.05, 0.1) is 45.2 Å². The lowest BCUT2D eigenvalue weighted by Crippen LogP contribution is -1.99. The number of anilines is 2. The van der Waals surface area contributed by atoms with Crippen LogP contribution in [0.5, 0.6) is 0 Å². The van der Waals surface area contributed by atoms with Crippen LogP contribution >= 0.6 is 0 Å². The van der Waals surface area contributed by atoms with Gasteiger partial charge >= 0.3 is 0 Å². The Labute approximate surface area is 295 Å². The molecule has 0 atom stereocenters. The molecule has 1 aliphatic rings. The van der Waals surface area contributed by atoms with Crippen molar-refractivity contribution < 1.29 is 8.78 Å². The van der Waals surface area contributed by atoms with Gasteiger partial charge in [0, 0.05) is 35.1 Å². The van der Waals surface area contributed by atoms with E-state index in [9.17, 15) is 8.78 Å². The van der Waals surface area contributed by atoms with Gasteiger partial charge in [0.1, 0.15) is 29.4 Å². The summed E-state index contributed by atoms with van der Waals surface area (Å²) in [7, 11) is 0. The smallest absolute Gasteiger partial charge is 0.280 e. The number of pyridine rings is 6. The van der Waals surface area contributed by atoms with Gasteiger partial charge in [0.15, 0.2) is 11.6 Å². The average molecular weight is 691 g/mol. The van der Waals surface area contributed by atoms with E-state index < -0.39 is 6.43 Å². The minimum absolute atomic E-state index is 0.264. The highest BCUT2D eigenvalue weighted by atomic mass is 19.3. The second-order valence-electron chi connectivity index (χ2n) is 11.9. The van der Waals surface area contributed by atoms with Crippen molar-refractivity contribution in [3.8, 4) is 45.3 Å². The second kappa shape index (κ2) is 13.7. The maximum atomic E-state index is 13.0. The van der Waals surface area contributed by atoms with Crippen molar-refractivity contribution in [3.05, 3.63) is 121 Å². The number of fused-ring (bicyclic) bond motifs is 2. The molecule has 1 aliphatic carbocycles. The lowest BCUT2D eigenvalue weighted by atomic mass is 10.1. The van der Waals surface area contributed by atoms with Crippen LogP contribution < -0.4 is 11.5 Å². The molecule has 254 valence electrons. The summed E-state index contributed by atoms with van der Waals surface area (Å²) in [6.45, 7) is 0. The summed E-state index contributed by atoms with van der Waals surface area (Å²) in [5.74, 6) is 1.23. The van der Waals surface area contributed by atoms with Gasteiger partial charge in [0.2, 0.25) is 0 Å². The van der Waals surface area contributed by atoms with E-state index in [2.05, 4.69) is 50.9 Å². The van der Waals surface area contributed by atoms with Gasteiger partial charge < -0.3 is 11.5 Å². The fourth-order valence-corrected chi connectivity index (χ4v) is 5.74. The lowest BCUT2D eigenvalue weighted by molar-refractivity contribution is 0.146. The van der Waals surface area contributed by atoms with Crippen LogP contribution in [0.2, 0.25) is 0 Å². The average Bonchev–Trinajstić information content (AvgIpc) is 4.05. The van der Waals surface area contributed by atoms with Gasteiger partial charge in [-0.15, -0.1) is 0 Å². The zero-order valence-corrected chi connectivity index (χ0v) is 27.3. The first-order valence-corrected chi connectivity index (χ1v) is 16.3. The Morgan fingerprint density at radius 1 is 0.519 bits per heavy atom. The van der Waals surface area contributed by atoms with Gasteiger partial charge in [-0.3, -0.25) is 15.0 Å². The van der Waals surface area contributed by atoms with Crippen LogP contribution in [-0.2, 0) is 0 Å². The predicted octanol–water partition coefficient (Wildman–Crippen LogP) is 7.28. The first-order chi connectivity index (χ1) is 25.4. The Morgan fingerprint density at radius 3 is 1.60 bits per heavy atom. The molecule has 12 nitrogen and oxygen atoms in total. The van der Waals surface area contributed by atoms with Gasteiger partial charge in [-0.1, -0.05) is 12.1 Å². The highest BCUT2D eigenvalue weighted by molar-refractivity contribution is 5.89. The number of hydrogen-bond acceptors (Lipinski definition) is 12. The first kappa shape index (κ1) is 32.3. The third-order valence-electron chi connectivity index (χ3n) is 8.43. The Hall–Kier alpha value is -6.96. The second-order valence-corrected chi connectivity index (χ2v) is 11.9. The number of aromatic nitrogens is 10. The summed E-state index contributed by atoms with van der Waals surface area (Å²) in [5, 5.41) is 0. The Balaban J connectivity index is 0.000000149. The van der Waals surface area contributed by atoms with Crippen molar-refractivity contribution in [1.29, 1.82) is 0 Å². The maximum absolute atomic E-state index is 13.0. The number of rotatable bonds is 6.